The van der Waals surface area contributed by atoms with Crippen molar-refractivity contribution in [3.05, 3.63) is 64.6 Å². The van der Waals surface area contributed by atoms with Crippen molar-refractivity contribution in [1.82, 2.24) is 4.31 Å². The summed E-state index contributed by atoms with van der Waals surface area (Å²) in [5, 5.41) is 0. The Bertz CT molecular complexity index is 755. The topological polar surface area (TPSA) is 37.4 Å². The quantitative estimate of drug-likeness (QED) is 0.727. The molecule has 1 fully saturated rings. The summed E-state index contributed by atoms with van der Waals surface area (Å²) in [7, 11) is -3.51. The molecule has 1 aliphatic rings. The molecule has 0 spiro atoms. The van der Waals surface area contributed by atoms with Crippen LogP contribution in [0.3, 0.4) is 0 Å². The summed E-state index contributed by atoms with van der Waals surface area (Å²) < 4.78 is 28.8. The van der Waals surface area contributed by atoms with Crippen LogP contribution in [-0.4, -0.2) is 18.8 Å². The van der Waals surface area contributed by atoms with Crippen molar-refractivity contribution in [3.8, 4) is 0 Å². The predicted octanol–water partition coefficient (Wildman–Crippen LogP) is 4.44. The SMILES string of the molecule is C[C@H](C1CC1)N(Cc1ccccc1)S(=O)(=O)c1ccc(Br)cc1. The molecule has 3 nitrogen and oxygen atoms in total. The van der Waals surface area contributed by atoms with Gasteiger partial charge < -0.3 is 0 Å². The minimum atomic E-state index is -3.51. The van der Waals surface area contributed by atoms with E-state index >= 15 is 0 Å². The summed E-state index contributed by atoms with van der Waals surface area (Å²) in [5.41, 5.74) is 1.01. The fourth-order valence-corrected chi connectivity index (χ4v) is 4.71. The van der Waals surface area contributed by atoms with Crippen LogP contribution >= 0.6 is 15.9 Å². The number of hydrogen-bond donors (Lipinski definition) is 0. The van der Waals surface area contributed by atoms with E-state index in [1.165, 1.54) is 0 Å². The number of sulfonamides is 1. The summed E-state index contributed by atoms with van der Waals surface area (Å²) in [4.78, 5) is 0.351. The summed E-state index contributed by atoms with van der Waals surface area (Å²) in [6, 6.07) is 16.7. The van der Waals surface area contributed by atoms with Crippen molar-refractivity contribution >= 4 is 26.0 Å². The highest BCUT2D eigenvalue weighted by Crippen LogP contribution is 2.37. The van der Waals surface area contributed by atoms with E-state index in [0.717, 1.165) is 22.9 Å². The number of nitrogens with zero attached hydrogens (tertiary/aromatic N) is 1. The zero-order chi connectivity index (χ0) is 16.4. The van der Waals surface area contributed by atoms with Gasteiger partial charge in [0.15, 0.2) is 0 Å². The Morgan fingerprint density at radius 3 is 2.26 bits per heavy atom. The first-order chi connectivity index (χ1) is 11.0. The molecule has 0 heterocycles. The fourth-order valence-electron chi connectivity index (χ4n) is 2.77. The molecule has 2 aromatic carbocycles. The Balaban J connectivity index is 1.94. The Labute approximate surface area is 146 Å². The second-order valence-electron chi connectivity index (χ2n) is 6.07. The van der Waals surface area contributed by atoms with Gasteiger partial charge in [-0.25, -0.2) is 8.42 Å². The van der Waals surface area contributed by atoms with Crippen LogP contribution in [-0.2, 0) is 16.6 Å². The van der Waals surface area contributed by atoms with E-state index in [1.54, 1.807) is 28.6 Å². The molecule has 0 aliphatic heterocycles. The second kappa shape index (κ2) is 6.75. The van der Waals surface area contributed by atoms with E-state index in [2.05, 4.69) is 15.9 Å². The van der Waals surface area contributed by atoms with Crippen LogP contribution < -0.4 is 0 Å². The maximum Gasteiger partial charge on any atom is 0.243 e. The van der Waals surface area contributed by atoms with Gasteiger partial charge >= 0.3 is 0 Å². The minimum Gasteiger partial charge on any atom is -0.207 e. The third-order valence-corrected chi connectivity index (χ3v) is 6.84. The van der Waals surface area contributed by atoms with E-state index in [4.69, 9.17) is 0 Å². The average Bonchev–Trinajstić information content (AvgIpc) is 3.38. The van der Waals surface area contributed by atoms with E-state index in [9.17, 15) is 8.42 Å². The van der Waals surface area contributed by atoms with Crippen molar-refractivity contribution in [2.24, 2.45) is 5.92 Å². The molecule has 122 valence electrons. The first kappa shape index (κ1) is 16.7. The number of rotatable bonds is 6. The zero-order valence-corrected chi connectivity index (χ0v) is 15.4. The zero-order valence-electron chi connectivity index (χ0n) is 13.0. The number of benzene rings is 2. The molecule has 0 bridgehead atoms. The van der Waals surface area contributed by atoms with Crippen LogP contribution in [0.4, 0.5) is 0 Å². The number of halogens is 1. The van der Waals surface area contributed by atoms with E-state index in [1.807, 2.05) is 37.3 Å². The molecule has 0 saturated heterocycles. The highest BCUT2D eigenvalue weighted by Gasteiger charge is 2.38. The second-order valence-corrected chi connectivity index (χ2v) is 8.87. The Kier molecular flexibility index (Phi) is 4.90. The molecule has 1 saturated carbocycles. The maximum atomic E-state index is 13.1. The Morgan fingerprint density at radius 1 is 1.09 bits per heavy atom. The lowest BCUT2D eigenvalue weighted by Gasteiger charge is -2.28. The van der Waals surface area contributed by atoms with E-state index < -0.39 is 10.0 Å². The van der Waals surface area contributed by atoms with Crippen LogP contribution in [0.2, 0.25) is 0 Å². The summed E-state index contributed by atoms with van der Waals surface area (Å²) in [6.07, 6.45) is 2.23. The van der Waals surface area contributed by atoms with E-state index in [-0.39, 0.29) is 6.04 Å². The van der Waals surface area contributed by atoms with Gasteiger partial charge in [0.25, 0.3) is 0 Å². The molecule has 3 rings (SSSR count). The van der Waals surface area contributed by atoms with Gasteiger partial charge in [-0.3, -0.25) is 0 Å². The lowest BCUT2D eigenvalue weighted by Crippen LogP contribution is -2.39. The van der Waals surface area contributed by atoms with Gasteiger partial charge in [-0.05, 0) is 55.5 Å². The van der Waals surface area contributed by atoms with E-state index in [0.29, 0.717) is 17.4 Å². The van der Waals surface area contributed by atoms with Gasteiger partial charge in [0.2, 0.25) is 10.0 Å². The third kappa shape index (κ3) is 3.84. The summed E-state index contributed by atoms with van der Waals surface area (Å²) in [5.74, 6) is 0.476. The normalized spacial score (nSPS) is 16.5. The molecular formula is C18H20BrNO2S. The Hall–Kier alpha value is -1.17. The van der Waals surface area contributed by atoms with Crippen LogP contribution in [0.25, 0.3) is 0 Å². The molecule has 0 amide bonds. The van der Waals surface area contributed by atoms with Crippen LogP contribution in [0.5, 0.6) is 0 Å². The minimum absolute atomic E-state index is 0.0175. The number of hydrogen-bond acceptors (Lipinski definition) is 2. The molecule has 23 heavy (non-hydrogen) atoms. The lowest BCUT2D eigenvalue weighted by atomic mass is 10.2. The first-order valence-electron chi connectivity index (χ1n) is 7.80. The van der Waals surface area contributed by atoms with Gasteiger partial charge in [-0.1, -0.05) is 46.3 Å². The average molecular weight is 394 g/mol. The van der Waals surface area contributed by atoms with Crippen molar-refractivity contribution < 1.29 is 8.42 Å². The third-order valence-electron chi connectivity index (χ3n) is 4.36. The van der Waals surface area contributed by atoms with Crippen LogP contribution in [0.15, 0.2) is 64.0 Å². The molecule has 0 aromatic heterocycles. The van der Waals surface area contributed by atoms with Gasteiger partial charge in [-0.2, -0.15) is 4.31 Å². The van der Waals surface area contributed by atoms with Crippen molar-refractivity contribution in [2.75, 3.05) is 0 Å². The molecular weight excluding hydrogens is 374 g/mol. The highest BCUT2D eigenvalue weighted by molar-refractivity contribution is 9.10. The van der Waals surface area contributed by atoms with Gasteiger partial charge in [0.05, 0.1) is 4.90 Å². The van der Waals surface area contributed by atoms with Crippen LogP contribution in [0, 0.1) is 5.92 Å². The highest BCUT2D eigenvalue weighted by atomic mass is 79.9. The van der Waals surface area contributed by atoms with Gasteiger partial charge in [-0.15, -0.1) is 0 Å². The summed E-state index contributed by atoms with van der Waals surface area (Å²) >= 11 is 3.36. The Morgan fingerprint density at radius 2 is 1.70 bits per heavy atom. The molecule has 0 radical (unpaired) electrons. The molecule has 5 heteroatoms. The maximum absolute atomic E-state index is 13.1. The molecule has 2 aromatic rings. The van der Waals surface area contributed by atoms with Crippen molar-refractivity contribution in [3.63, 3.8) is 0 Å². The van der Waals surface area contributed by atoms with Crippen LogP contribution in [0.1, 0.15) is 25.3 Å². The molecule has 0 N–H and O–H groups in total. The standard InChI is InChI=1S/C18H20BrNO2S/c1-14(16-7-8-16)20(13-15-5-3-2-4-6-15)23(21,22)18-11-9-17(19)10-12-18/h2-6,9-12,14,16H,7-8,13H2,1H3/t14-/m1/s1. The predicted molar refractivity (Wildman–Crippen MR) is 95.5 cm³/mol. The molecule has 1 atom stereocenters. The fraction of sp³-hybridized carbons (Fsp3) is 0.333. The summed E-state index contributed by atoms with van der Waals surface area (Å²) in [6.45, 7) is 2.44. The largest absolute Gasteiger partial charge is 0.243 e. The van der Waals surface area contributed by atoms with Gasteiger partial charge in [0.1, 0.15) is 0 Å². The lowest BCUT2D eigenvalue weighted by molar-refractivity contribution is 0.303. The smallest absolute Gasteiger partial charge is 0.207 e. The molecule has 1 aliphatic carbocycles. The van der Waals surface area contributed by atoms with Crippen molar-refractivity contribution in [2.45, 2.75) is 37.2 Å². The first-order valence-corrected chi connectivity index (χ1v) is 10.0. The monoisotopic (exact) mass is 393 g/mol. The molecule has 0 unspecified atom stereocenters. The van der Waals surface area contributed by atoms with Gasteiger partial charge in [0, 0.05) is 17.1 Å². The van der Waals surface area contributed by atoms with Crippen molar-refractivity contribution in [1.29, 1.82) is 0 Å².